The van der Waals surface area contributed by atoms with E-state index in [0.29, 0.717) is 30.4 Å². The molecule has 1 atom stereocenters. The topological polar surface area (TPSA) is 79.7 Å². The fourth-order valence-electron chi connectivity index (χ4n) is 3.94. The standard InChI is InChI=1S/C22H26FN5O2S/c1-14-25-18(19-12-21(30-27-19)16-7-9-28(31-2)10-8-16)11-20(26-14)22(29)24-13-15-3-5-17(23)6-4-15/h3-6,11,16,21H,7-10,12-13H2,1-2H3,(H,24,29). The third kappa shape index (κ3) is 5.40. The van der Waals surface area contributed by atoms with Gasteiger partial charge in [0.25, 0.3) is 5.91 Å². The van der Waals surface area contributed by atoms with Crippen molar-refractivity contribution in [3.63, 3.8) is 0 Å². The Kier molecular flexibility index (Phi) is 6.82. The predicted molar refractivity (Wildman–Crippen MR) is 118 cm³/mol. The van der Waals surface area contributed by atoms with Crippen molar-refractivity contribution >= 4 is 23.6 Å². The van der Waals surface area contributed by atoms with Gasteiger partial charge in [-0.1, -0.05) is 29.2 Å². The van der Waals surface area contributed by atoms with E-state index in [1.807, 2.05) is 0 Å². The second-order valence-electron chi connectivity index (χ2n) is 7.83. The molecule has 2 aliphatic heterocycles. The van der Waals surface area contributed by atoms with Crippen molar-refractivity contribution in [2.24, 2.45) is 11.1 Å². The van der Waals surface area contributed by atoms with Crippen molar-refractivity contribution in [1.82, 2.24) is 19.6 Å². The number of halogens is 1. The average molecular weight is 444 g/mol. The maximum absolute atomic E-state index is 13.0. The minimum Gasteiger partial charge on any atom is -0.391 e. The number of oxime groups is 1. The molecule has 1 fully saturated rings. The lowest BCUT2D eigenvalue weighted by molar-refractivity contribution is 0.0233. The monoisotopic (exact) mass is 443 g/mol. The molecule has 0 spiro atoms. The Morgan fingerprint density at radius 2 is 2.00 bits per heavy atom. The Labute approximate surface area is 185 Å². The number of benzene rings is 1. The minimum atomic E-state index is -0.309. The van der Waals surface area contributed by atoms with Gasteiger partial charge >= 0.3 is 0 Å². The van der Waals surface area contributed by atoms with Gasteiger partial charge in [0.1, 0.15) is 29.2 Å². The van der Waals surface area contributed by atoms with Gasteiger partial charge in [0, 0.05) is 32.0 Å². The van der Waals surface area contributed by atoms with Crippen LogP contribution < -0.4 is 5.32 Å². The number of carbonyl (C=O) groups is 1. The molecule has 2 aliphatic rings. The normalized spacial score (nSPS) is 19.7. The molecule has 4 rings (SSSR count). The van der Waals surface area contributed by atoms with Gasteiger partial charge in [-0.25, -0.2) is 14.4 Å². The second kappa shape index (κ2) is 9.74. The molecule has 1 saturated heterocycles. The highest BCUT2D eigenvalue weighted by Gasteiger charge is 2.33. The average Bonchev–Trinajstić information content (AvgIpc) is 3.28. The van der Waals surface area contributed by atoms with Crippen LogP contribution in [0, 0.1) is 18.7 Å². The number of aryl methyl sites for hydroxylation is 1. The Balaban J connectivity index is 1.38. The maximum atomic E-state index is 13.0. The molecule has 3 heterocycles. The van der Waals surface area contributed by atoms with Crippen LogP contribution in [-0.4, -0.2) is 51.3 Å². The second-order valence-corrected chi connectivity index (χ2v) is 8.71. The lowest BCUT2D eigenvalue weighted by Crippen LogP contribution is -2.34. The first kappa shape index (κ1) is 21.7. The first-order valence-electron chi connectivity index (χ1n) is 10.4. The zero-order valence-electron chi connectivity index (χ0n) is 17.7. The summed E-state index contributed by atoms with van der Waals surface area (Å²) in [6.07, 6.45) is 5.04. The van der Waals surface area contributed by atoms with Crippen LogP contribution in [0.1, 0.15) is 46.8 Å². The number of amides is 1. The zero-order chi connectivity index (χ0) is 21.8. The van der Waals surface area contributed by atoms with Crippen LogP contribution in [0.15, 0.2) is 35.5 Å². The number of nitrogens with zero attached hydrogens (tertiary/aromatic N) is 4. The van der Waals surface area contributed by atoms with E-state index in [1.54, 1.807) is 37.1 Å². The summed E-state index contributed by atoms with van der Waals surface area (Å²) in [6, 6.07) is 7.68. The van der Waals surface area contributed by atoms with Crippen LogP contribution in [0.4, 0.5) is 4.39 Å². The van der Waals surface area contributed by atoms with E-state index in [2.05, 4.69) is 31.0 Å². The van der Waals surface area contributed by atoms with Gasteiger partial charge in [0.15, 0.2) is 0 Å². The lowest BCUT2D eigenvalue weighted by atomic mass is 9.89. The summed E-state index contributed by atoms with van der Waals surface area (Å²) < 4.78 is 15.4. The van der Waals surface area contributed by atoms with E-state index in [1.165, 1.54) is 12.1 Å². The van der Waals surface area contributed by atoms with Gasteiger partial charge in [-0.2, -0.15) is 0 Å². The van der Waals surface area contributed by atoms with E-state index in [-0.39, 0.29) is 23.5 Å². The molecule has 9 heteroatoms. The summed E-state index contributed by atoms with van der Waals surface area (Å²) in [4.78, 5) is 27.1. The molecule has 1 aromatic heterocycles. The largest absolute Gasteiger partial charge is 0.391 e. The predicted octanol–water partition coefficient (Wildman–Crippen LogP) is 3.34. The number of piperidine rings is 1. The number of hydrogen-bond acceptors (Lipinski definition) is 7. The van der Waals surface area contributed by atoms with Crippen LogP contribution in [-0.2, 0) is 11.4 Å². The number of nitrogens with one attached hydrogen (secondary N) is 1. The molecule has 7 nitrogen and oxygen atoms in total. The molecule has 0 bridgehead atoms. The molecular weight excluding hydrogens is 417 g/mol. The van der Waals surface area contributed by atoms with E-state index in [0.717, 1.165) is 37.2 Å². The summed E-state index contributed by atoms with van der Waals surface area (Å²) in [7, 11) is 0. The van der Waals surface area contributed by atoms with E-state index in [4.69, 9.17) is 4.84 Å². The summed E-state index contributed by atoms with van der Waals surface area (Å²) in [5.41, 5.74) is 2.48. The fraction of sp³-hybridized carbons (Fsp3) is 0.455. The van der Waals surface area contributed by atoms with Crippen LogP contribution in [0.25, 0.3) is 0 Å². The SMILES string of the molecule is CSN1CCC(C2CC(c3cc(C(=O)NCc4ccc(F)cc4)nc(C)n3)=NO2)CC1. The van der Waals surface area contributed by atoms with E-state index in [9.17, 15) is 9.18 Å². The maximum Gasteiger partial charge on any atom is 0.270 e. The molecule has 164 valence electrons. The highest BCUT2D eigenvalue weighted by Crippen LogP contribution is 2.30. The van der Waals surface area contributed by atoms with Gasteiger partial charge < -0.3 is 10.2 Å². The quantitative estimate of drug-likeness (QED) is 0.690. The minimum absolute atomic E-state index is 0.0602. The van der Waals surface area contributed by atoms with Crippen molar-refractivity contribution in [2.45, 2.75) is 38.8 Å². The smallest absolute Gasteiger partial charge is 0.270 e. The molecule has 0 saturated carbocycles. The van der Waals surface area contributed by atoms with Crippen molar-refractivity contribution in [3.8, 4) is 0 Å². The van der Waals surface area contributed by atoms with Crippen LogP contribution in [0.3, 0.4) is 0 Å². The number of carbonyl (C=O) groups excluding carboxylic acids is 1. The van der Waals surface area contributed by atoms with Gasteiger partial charge in [-0.3, -0.25) is 9.10 Å². The highest BCUT2D eigenvalue weighted by atomic mass is 32.2. The first-order valence-corrected chi connectivity index (χ1v) is 11.6. The molecule has 31 heavy (non-hydrogen) atoms. The third-order valence-corrected chi connectivity index (χ3v) is 6.59. The van der Waals surface area contributed by atoms with E-state index >= 15 is 0 Å². The van der Waals surface area contributed by atoms with Gasteiger partial charge in [-0.05, 0) is 49.8 Å². The van der Waals surface area contributed by atoms with Crippen LogP contribution >= 0.6 is 11.9 Å². The molecule has 0 aliphatic carbocycles. The summed E-state index contributed by atoms with van der Waals surface area (Å²) >= 11 is 1.79. The van der Waals surface area contributed by atoms with Gasteiger partial charge in [-0.15, -0.1) is 0 Å². The fourth-order valence-corrected chi connectivity index (χ4v) is 4.51. The third-order valence-electron chi connectivity index (χ3n) is 5.71. The lowest BCUT2D eigenvalue weighted by Gasteiger charge is -2.32. The summed E-state index contributed by atoms with van der Waals surface area (Å²) in [5, 5.41) is 7.11. The van der Waals surface area contributed by atoms with Crippen LogP contribution in [0.5, 0.6) is 0 Å². The van der Waals surface area contributed by atoms with Crippen molar-refractivity contribution < 1.29 is 14.0 Å². The van der Waals surface area contributed by atoms with Gasteiger partial charge in [0.05, 0.1) is 5.69 Å². The molecule has 1 unspecified atom stereocenters. The van der Waals surface area contributed by atoms with Crippen molar-refractivity contribution in [2.75, 3.05) is 19.3 Å². The van der Waals surface area contributed by atoms with E-state index < -0.39 is 0 Å². The molecule has 0 radical (unpaired) electrons. The number of aromatic nitrogens is 2. The number of hydrogen-bond donors (Lipinski definition) is 1. The Bertz CT molecular complexity index is 961. The molecular formula is C22H26FN5O2S. The Morgan fingerprint density at radius 3 is 2.71 bits per heavy atom. The van der Waals surface area contributed by atoms with Gasteiger partial charge in [0.2, 0.25) is 0 Å². The molecule has 1 amide bonds. The van der Waals surface area contributed by atoms with Crippen LogP contribution in [0.2, 0.25) is 0 Å². The Morgan fingerprint density at radius 1 is 1.26 bits per heavy atom. The molecule has 1 aromatic carbocycles. The van der Waals surface area contributed by atoms with Crippen molar-refractivity contribution in [3.05, 3.63) is 58.9 Å². The highest BCUT2D eigenvalue weighted by molar-refractivity contribution is 7.96. The summed E-state index contributed by atoms with van der Waals surface area (Å²) in [6.45, 7) is 4.17. The summed E-state index contributed by atoms with van der Waals surface area (Å²) in [5.74, 6) is 0.366. The molecule has 2 aromatic rings. The van der Waals surface area contributed by atoms with Crippen molar-refractivity contribution in [1.29, 1.82) is 0 Å². The Hall–Kier alpha value is -2.52. The molecule has 1 N–H and O–H groups in total. The number of rotatable bonds is 6. The first-order chi connectivity index (χ1) is 15.0. The zero-order valence-corrected chi connectivity index (χ0v) is 18.5.